The maximum atomic E-state index is 13.4. The second-order valence-electron chi connectivity index (χ2n) is 10.5. The van der Waals surface area contributed by atoms with E-state index in [-0.39, 0.29) is 36.8 Å². The first kappa shape index (κ1) is 31.7. The molecule has 2 unspecified atom stereocenters. The highest BCUT2D eigenvalue weighted by Gasteiger charge is 2.41. The molecule has 214 valence electrons. The van der Waals surface area contributed by atoms with Crippen molar-refractivity contribution in [2.24, 2.45) is 17.8 Å². The third-order valence-corrected chi connectivity index (χ3v) is 8.15. The van der Waals surface area contributed by atoms with E-state index in [1.54, 1.807) is 18.9 Å². The molecule has 9 heteroatoms. The molecular weight excluding hydrogens is 491 g/mol. The quantitative estimate of drug-likeness (QED) is 0.350. The van der Waals surface area contributed by atoms with Gasteiger partial charge in [-0.2, -0.15) is 0 Å². The van der Waals surface area contributed by atoms with Crippen LogP contribution >= 0.6 is 0 Å². The minimum absolute atomic E-state index is 0.0181. The molecule has 0 radical (unpaired) electrons. The summed E-state index contributed by atoms with van der Waals surface area (Å²) >= 11 is 0. The Hall–Kier alpha value is -2.52. The fourth-order valence-corrected chi connectivity index (χ4v) is 5.68. The number of nitrogens with one attached hydrogen (secondary N) is 1. The van der Waals surface area contributed by atoms with Gasteiger partial charge in [-0.3, -0.25) is 9.59 Å². The lowest BCUT2D eigenvalue weighted by atomic mass is 9.83. The molecule has 1 heterocycles. The van der Waals surface area contributed by atoms with Crippen LogP contribution in [0.1, 0.15) is 65.4 Å². The fourth-order valence-electron chi connectivity index (χ4n) is 5.68. The summed E-state index contributed by atoms with van der Waals surface area (Å²) in [6, 6.07) is 4.03. The zero-order chi connectivity index (χ0) is 28.4. The van der Waals surface area contributed by atoms with Crippen LogP contribution in [0.3, 0.4) is 0 Å². The molecule has 1 aliphatic heterocycles. The fraction of sp³-hybridized carbons (Fsp3) is 0.690. The number of methoxy groups -OCH3 is 2. The van der Waals surface area contributed by atoms with E-state index in [4.69, 9.17) is 9.47 Å². The van der Waals surface area contributed by atoms with Crippen LogP contribution in [0, 0.1) is 23.6 Å². The smallest absolute Gasteiger partial charge is 0.326 e. The van der Waals surface area contributed by atoms with Crippen LogP contribution in [-0.2, 0) is 30.3 Å². The molecule has 1 fully saturated rings. The van der Waals surface area contributed by atoms with Crippen LogP contribution in [0.5, 0.6) is 0 Å². The van der Waals surface area contributed by atoms with Gasteiger partial charge in [0.2, 0.25) is 11.8 Å². The monoisotopic (exact) mass is 536 g/mol. The Labute approximate surface area is 226 Å². The van der Waals surface area contributed by atoms with Crippen molar-refractivity contribution in [2.45, 2.75) is 90.5 Å². The lowest BCUT2D eigenvalue weighted by molar-refractivity contribution is -0.145. The predicted octanol–water partition coefficient (Wildman–Crippen LogP) is 4.06. The Morgan fingerprint density at radius 1 is 1.11 bits per heavy atom. The van der Waals surface area contributed by atoms with Crippen molar-refractivity contribution in [1.29, 1.82) is 0 Å². The summed E-state index contributed by atoms with van der Waals surface area (Å²) in [6.07, 6.45) is 2.93. The van der Waals surface area contributed by atoms with Crippen LogP contribution in [-0.4, -0.2) is 72.8 Å². The van der Waals surface area contributed by atoms with Gasteiger partial charge in [-0.1, -0.05) is 52.7 Å². The van der Waals surface area contributed by atoms with E-state index in [1.807, 2.05) is 0 Å². The van der Waals surface area contributed by atoms with Crippen LogP contribution in [0.2, 0.25) is 0 Å². The van der Waals surface area contributed by atoms with Crippen LogP contribution in [0.15, 0.2) is 24.3 Å². The number of hydrogen-bond acceptors (Lipinski definition) is 5. The summed E-state index contributed by atoms with van der Waals surface area (Å²) in [5, 5.41) is 12.3. The molecule has 1 aliphatic rings. The molecular formula is C29H45FN2O6. The molecule has 0 aliphatic carbocycles. The molecule has 0 aromatic heterocycles. The normalized spacial score (nSPS) is 20.3. The summed E-state index contributed by atoms with van der Waals surface area (Å²) in [5.74, 6) is -2.08. The summed E-state index contributed by atoms with van der Waals surface area (Å²) in [7, 11) is 3.16. The molecule has 0 bridgehead atoms. The van der Waals surface area contributed by atoms with Crippen LogP contribution < -0.4 is 5.32 Å². The van der Waals surface area contributed by atoms with Crippen molar-refractivity contribution >= 4 is 17.8 Å². The highest BCUT2D eigenvalue weighted by atomic mass is 19.1. The predicted molar refractivity (Wildman–Crippen MR) is 143 cm³/mol. The van der Waals surface area contributed by atoms with Crippen LogP contribution in [0.25, 0.3) is 0 Å². The molecule has 8 nitrogen and oxygen atoms in total. The third-order valence-electron chi connectivity index (χ3n) is 8.15. The first-order valence-electron chi connectivity index (χ1n) is 13.7. The number of carbonyl (C=O) groups is 3. The number of halogens is 1. The minimum Gasteiger partial charge on any atom is -0.480 e. The Kier molecular flexibility index (Phi) is 12.7. The zero-order valence-electron chi connectivity index (χ0n) is 23.6. The molecule has 1 saturated heterocycles. The molecule has 38 heavy (non-hydrogen) atoms. The Morgan fingerprint density at radius 2 is 1.76 bits per heavy atom. The second-order valence-corrected chi connectivity index (χ2v) is 10.5. The molecule has 1 aromatic carbocycles. The molecule has 0 spiro atoms. The first-order chi connectivity index (χ1) is 18.1. The number of likely N-dealkylation sites (tertiary alicyclic amines) is 1. The number of nitrogens with zero attached hydrogens (tertiary/aromatic N) is 1. The zero-order valence-corrected chi connectivity index (χ0v) is 23.6. The van der Waals surface area contributed by atoms with Gasteiger partial charge in [-0.15, -0.1) is 0 Å². The average Bonchev–Trinajstić information content (AvgIpc) is 3.38. The summed E-state index contributed by atoms with van der Waals surface area (Å²) in [6.45, 7) is 8.72. The van der Waals surface area contributed by atoms with Crippen molar-refractivity contribution in [2.75, 3.05) is 20.8 Å². The van der Waals surface area contributed by atoms with E-state index in [1.165, 1.54) is 31.4 Å². The van der Waals surface area contributed by atoms with E-state index in [0.29, 0.717) is 24.4 Å². The van der Waals surface area contributed by atoms with Gasteiger partial charge in [0, 0.05) is 27.2 Å². The molecule has 2 N–H and O–H groups in total. The third kappa shape index (κ3) is 8.24. The maximum absolute atomic E-state index is 13.4. The van der Waals surface area contributed by atoms with Gasteiger partial charge in [0.1, 0.15) is 11.9 Å². The SMILES string of the molecule is CCC([C@@H](C)CC)[C@@H](CC(=O)N1CCC[C@H]1[C@H](OC)[C@@H](C)C(=O)NC(Cc1ccc(F)cc1)C(=O)O)OC. The van der Waals surface area contributed by atoms with E-state index < -0.39 is 35.8 Å². The summed E-state index contributed by atoms with van der Waals surface area (Å²) in [5.41, 5.74) is 0.595. The molecule has 1 aromatic rings. The molecule has 2 amide bonds. The van der Waals surface area contributed by atoms with Crippen molar-refractivity contribution in [3.8, 4) is 0 Å². The number of hydrogen-bond donors (Lipinski definition) is 2. The van der Waals surface area contributed by atoms with Gasteiger partial charge in [-0.25, -0.2) is 9.18 Å². The van der Waals surface area contributed by atoms with Crippen molar-refractivity contribution in [1.82, 2.24) is 10.2 Å². The van der Waals surface area contributed by atoms with E-state index in [0.717, 1.165) is 19.3 Å². The minimum atomic E-state index is -1.18. The topological polar surface area (TPSA) is 105 Å². The Bertz CT molecular complexity index is 911. The molecule has 0 saturated carbocycles. The van der Waals surface area contributed by atoms with E-state index in [9.17, 15) is 23.9 Å². The second kappa shape index (κ2) is 15.2. The van der Waals surface area contributed by atoms with Gasteiger partial charge in [0.25, 0.3) is 0 Å². The molecule has 2 rings (SSSR count). The van der Waals surface area contributed by atoms with E-state index in [2.05, 4.69) is 26.1 Å². The van der Waals surface area contributed by atoms with Gasteiger partial charge in [-0.05, 0) is 42.4 Å². The highest BCUT2D eigenvalue weighted by molar-refractivity contribution is 5.85. The number of carbonyl (C=O) groups excluding carboxylic acids is 2. The number of carboxylic acid groups (broad SMARTS) is 1. The van der Waals surface area contributed by atoms with Crippen molar-refractivity contribution in [3.63, 3.8) is 0 Å². The van der Waals surface area contributed by atoms with Crippen molar-refractivity contribution in [3.05, 3.63) is 35.6 Å². The largest absolute Gasteiger partial charge is 0.480 e. The summed E-state index contributed by atoms with van der Waals surface area (Å²) < 4.78 is 24.7. The van der Waals surface area contributed by atoms with Gasteiger partial charge >= 0.3 is 5.97 Å². The standard InChI is InChI=1S/C29H45FN2O6/c1-7-18(3)22(8-2)25(37-5)17-26(33)32-15-9-10-24(32)27(38-6)19(4)28(34)31-23(29(35)36)16-20-11-13-21(30)14-12-20/h11-14,18-19,22-25,27H,7-10,15-17H2,1-6H3,(H,31,34)(H,35,36)/t18-,19+,22?,23?,24-,25+,27+/m0/s1. The maximum Gasteiger partial charge on any atom is 0.326 e. The molecule has 7 atom stereocenters. The number of benzene rings is 1. The van der Waals surface area contributed by atoms with Gasteiger partial charge in [0.15, 0.2) is 0 Å². The number of ether oxygens (including phenoxy) is 2. The number of amides is 2. The lowest BCUT2D eigenvalue weighted by Gasteiger charge is -2.36. The van der Waals surface area contributed by atoms with Crippen LogP contribution in [0.4, 0.5) is 4.39 Å². The average molecular weight is 537 g/mol. The number of rotatable bonds is 15. The first-order valence-corrected chi connectivity index (χ1v) is 13.7. The number of aliphatic carboxylic acids is 1. The van der Waals surface area contributed by atoms with Gasteiger partial charge in [0.05, 0.1) is 30.6 Å². The summed E-state index contributed by atoms with van der Waals surface area (Å²) in [4.78, 5) is 40.3. The lowest BCUT2D eigenvalue weighted by Crippen LogP contribution is -2.52. The Balaban J connectivity index is 2.11. The highest BCUT2D eigenvalue weighted by Crippen LogP contribution is 2.30. The van der Waals surface area contributed by atoms with E-state index >= 15 is 0 Å². The van der Waals surface area contributed by atoms with Crippen molar-refractivity contribution < 1.29 is 33.4 Å². The van der Waals surface area contributed by atoms with Gasteiger partial charge < -0.3 is 24.8 Å². The Morgan fingerprint density at radius 3 is 2.29 bits per heavy atom. The number of carboxylic acids is 1.